The first-order valence-electron chi connectivity index (χ1n) is 12.0. The number of carbonyl (C=O) groups excluding carboxylic acids is 1. The van der Waals surface area contributed by atoms with Gasteiger partial charge in [0.25, 0.3) is 0 Å². The average Bonchev–Trinajstić information content (AvgIpc) is 3.27. The zero-order valence-corrected chi connectivity index (χ0v) is 21.4. The summed E-state index contributed by atoms with van der Waals surface area (Å²) in [6.07, 6.45) is 1.96. The standard InChI is InChI=1S/C27H38N2O4S/c1-5-12-28(15-22(30)18-32-17-20(2)3)16-27(31)29-13-10-26-24(11-14-34-26)25(29)19-33-23-8-6-21(4)7-9-23/h5-9,11,14,20,22,25,30H,1,10,12-13,15-19H2,2-4H3/t22-,25+/m0/s1. The van der Waals surface area contributed by atoms with Crippen LogP contribution in [0, 0.1) is 12.8 Å². The van der Waals surface area contributed by atoms with Crippen LogP contribution >= 0.6 is 11.3 Å². The maximum absolute atomic E-state index is 13.5. The third kappa shape index (κ3) is 7.67. The zero-order valence-electron chi connectivity index (χ0n) is 20.6. The number of aliphatic hydroxyl groups excluding tert-OH is 1. The van der Waals surface area contributed by atoms with E-state index in [0.717, 1.165) is 12.2 Å². The Hall–Kier alpha value is -2.19. The molecule has 0 saturated carbocycles. The van der Waals surface area contributed by atoms with Gasteiger partial charge in [0.2, 0.25) is 5.91 Å². The molecule has 2 heterocycles. The van der Waals surface area contributed by atoms with Crippen molar-refractivity contribution in [2.75, 3.05) is 46.0 Å². The van der Waals surface area contributed by atoms with E-state index in [-0.39, 0.29) is 25.1 Å². The second-order valence-corrected chi connectivity index (χ2v) is 10.3. The monoisotopic (exact) mass is 486 g/mol. The molecule has 1 aromatic carbocycles. The molecule has 1 aromatic heterocycles. The van der Waals surface area contributed by atoms with Crippen molar-refractivity contribution < 1.29 is 19.4 Å². The lowest BCUT2D eigenvalue weighted by atomic mass is 10.0. The summed E-state index contributed by atoms with van der Waals surface area (Å²) in [6, 6.07) is 9.96. The molecule has 1 aliphatic rings. The highest BCUT2D eigenvalue weighted by Crippen LogP contribution is 2.34. The van der Waals surface area contributed by atoms with Crippen LogP contribution in [-0.4, -0.2) is 72.9 Å². The van der Waals surface area contributed by atoms with E-state index in [9.17, 15) is 9.90 Å². The van der Waals surface area contributed by atoms with Gasteiger partial charge >= 0.3 is 0 Å². The minimum absolute atomic E-state index is 0.0338. The molecule has 0 unspecified atom stereocenters. The Morgan fingerprint density at radius 2 is 2.06 bits per heavy atom. The Bertz CT molecular complexity index is 912. The first-order valence-corrected chi connectivity index (χ1v) is 12.9. The molecule has 6 nitrogen and oxygen atoms in total. The van der Waals surface area contributed by atoms with Gasteiger partial charge in [-0.3, -0.25) is 9.69 Å². The second kappa shape index (κ2) is 13.0. The van der Waals surface area contributed by atoms with Crippen molar-refractivity contribution in [2.45, 2.75) is 39.3 Å². The summed E-state index contributed by atoms with van der Waals surface area (Å²) in [5.41, 5.74) is 2.36. The van der Waals surface area contributed by atoms with Gasteiger partial charge in [0, 0.05) is 31.1 Å². The number of nitrogens with zero attached hydrogens (tertiary/aromatic N) is 2. The number of aliphatic hydroxyl groups is 1. The number of hydrogen-bond acceptors (Lipinski definition) is 6. The van der Waals surface area contributed by atoms with Gasteiger partial charge in [0.1, 0.15) is 12.4 Å². The predicted molar refractivity (Wildman–Crippen MR) is 137 cm³/mol. The number of benzene rings is 1. The summed E-state index contributed by atoms with van der Waals surface area (Å²) < 4.78 is 11.7. The van der Waals surface area contributed by atoms with Crippen molar-refractivity contribution in [3.8, 4) is 5.75 Å². The van der Waals surface area contributed by atoms with Crippen molar-refractivity contribution in [1.29, 1.82) is 0 Å². The number of carbonyl (C=O) groups is 1. The van der Waals surface area contributed by atoms with Crippen molar-refractivity contribution in [3.05, 3.63) is 64.4 Å². The predicted octanol–water partition coefficient (Wildman–Crippen LogP) is 4.08. The van der Waals surface area contributed by atoms with Crippen molar-refractivity contribution >= 4 is 17.2 Å². The Balaban J connectivity index is 1.64. The fourth-order valence-electron chi connectivity index (χ4n) is 4.14. The highest BCUT2D eigenvalue weighted by Gasteiger charge is 2.33. The van der Waals surface area contributed by atoms with E-state index < -0.39 is 6.10 Å². The van der Waals surface area contributed by atoms with Crippen LogP contribution in [0.2, 0.25) is 0 Å². The van der Waals surface area contributed by atoms with Gasteiger partial charge in [-0.25, -0.2) is 0 Å². The summed E-state index contributed by atoms with van der Waals surface area (Å²) in [7, 11) is 0. The molecule has 2 atom stereocenters. The van der Waals surface area contributed by atoms with Crippen molar-refractivity contribution in [3.63, 3.8) is 0 Å². The average molecular weight is 487 g/mol. The fourth-order valence-corrected chi connectivity index (χ4v) is 5.07. The SMILES string of the molecule is C=CCN(CC(=O)N1CCc2sccc2[C@H]1COc1ccc(C)cc1)C[C@H](O)COCC(C)C. The maximum atomic E-state index is 13.5. The van der Waals surface area contributed by atoms with Crippen LogP contribution in [0.25, 0.3) is 0 Å². The molecule has 0 radical (unpaired) electrons. The Labute approximate surface area is 207 Å². The number of ether oxygens (including phenoxy) is 2. The third-order valence-electron chi connectivity index (χ3n) is 5.82. The van der Waals surface area contributed by atoms with E-state index in [4.69, 9.17) is 9.47 Å². The van der Waals surface area contributed by atoms with E-state index in [1.54, 1.807) is 17.4 Å². The molecule has 1 N–H and O–H groups in total. The van der Waals surface area contributed by atoms with Crippen molar-refractivity contribution in [2.24, 2.45) is 5.92 Å². The van der Waals surface area contributed by atoms with Gasteiger partial charge in [-0.05, 0) is 48.4 Å². The lowest BCUT2D eigenvalue weighted by Crippen LogP contribution is -2.48. The van der Waals surface area contributed by atoms with Gasteiger partial charge in [0.05, 0.1) is 25.3 Å². The van der Waals surface area contributed by atoms with Gasteiger partial charge in [0.15, 0.2) is 0 Å². The smallest absolute Gasteiger partial charge is 0.237 e. The minimum Gasteiger partial charge on any atom is -0.491 e. The number of amides is 1. The van der Waals surface area contributed by atoms with Gasteiger partial charge in [-0.15, -0.1) is 17.9 Å². The lowest BCUT2D eigenvalue weighted by Gasteiger charge is -2.37. The summed E-state index contributed by atoms with van der Waals surface area (Å²) >= 11 is 1.74. The van der Waals surface area contributed by atoms with Crippen LogP contribution in [0.15, 0.2) is 48.4 Å². The topological polar surface area (TPSA) is 62.2 Å². The molecule has 7 heteroatoms. The van der Waals surface area contributed by atoms with Crippen LogP contribution in [-0.2, 0) is 16.0 Å². The zero-order chi connectivity index (χ0) is 24.5. The first kappa shape index (κ1) is 26.4. The number of rotatable bonds is 13. The van der Waals surface area contributed by atoms with E-state index >= 15 is 0 Å². The van der Waals surface area contributed by atoms with Crippen LogP contribution < -0.4 is 4.74 Å². The van der Waals surface area contributed by atoms with E-state index in [2.05, 4.69) is 31.9 Å². The molecular formula is C27H38N2O4S. The quantitative estimate of drug-likeness (QED) is 0.432. The highest BCUT2D eigenvalue weighted by molar-refractivity contribution is 7.10. The van der Waals surface area contributed by atoms with Crippen molar-refractivity contribution in [1.82, 2.24) is 9.80 Å². The Morgan fingerprint density at radius 1 is 1.29 bits per heavy atom. The summed E-state index contributed by atoms with van der Waals surface area (Å²) in [5, 5.41) is 12.5. The largest absolute Gasteiger partial charge is 0.491 e. The molecule has 0 saturated heterocycles. The molecule has 1 amide bonds. The highest BCUT2D eigenvalue weighted by atomic mass is 32.1. The number of aryl methyl sites for hydroxylation is 1. The lowest BCUT2D eigenvalue weighted by molar-refractivity contribution is -0.136. The molecule has 34 heavy (non-hydrogen) atoms. The maximum Gasteiger partial charge on any atom is 0.237 e. The molecule has 186 valence electrons. The molecule has 3 rings (SSSR count). The normalized spacial score (nSPS) is 16.5. The van der Waals surface area contributed by atoms with E-state index in [0.29, 0.717) is 38.8 Å². The van der Waals surface area contributed by atoms with Crippen LogP contribution in [0.3, 0.4) is 0 Å². The molecular weight excluding hydrogens is 448 g/mol. The molecule has 1 aliphatic heterocycles. The number of thiophene rings is 1. The Morgan fingerprint density at radius 3 is 2.76 bits per heavy atom. The van der Waals surface area contributed by atoms with Gasteiger partial charge < -0.3 is 19.5 Å². The molecule has 2 aromatic rings. The van der Waals surface area contributed by atoms with Crippen LogP contribution in [0.5, 0.6) is 5.75 Å². The number of fused-ring (bicyclic) bond motifs is 1. The molecule has 0 fully saturated rings. The number of hydrogen-bond donors (Lipinski definition) is 1. The summed E-state index contributed by atoms with van der Waals surface area (Å²) in [4.78, 5) is 18.6. The second-order valence-electron chi connectivity index (χ2n) is 9.34. The molecule has 0 aliphatic carbocycles. The minimum atomic E-state index is -0.656. The first-order chi connectivity index (χ1) is 16.4. The van der Waals surface area contributed by atoms with Gasteiger partial charge in [-0.1, -0.05) is 37.6 Å². The van der Waals surface area contributed by atoms with Crippen LogP contribution in [0.4, 0.5) is 0 Å². The van der Waals surface area contributed by atoms with Gasteiger partial charge in [-0.2, -0.15) is 0 Å². The van der Waals surface area contributed by atoms with E-state index in [1.165, 1.54) is 16.0 Å². The fraction of sp³-hybridized carbons (Fsp3) is 0.519. The molecule has 0 spiro atoms. The van der Waals surface area contributed by atoms with Crippen LogP contribution in [0.1, 0.15) is 35.9 Å². The Kier molecular flexibility index (Phi) is 10.1. The summed E-state index contributed by atoms with van der Waals surface area (Å²) in [5.74, 6) is 1.25. The third-order valence-corrected chi connectivity index (χ3v) is 6.82. The van der Waals surface area contributed by atoms with E-state index in [1.807, 2.05) is 41.0 Å². The summed E-state index contributed by atoms with van der Waals surface area (Å²) in [6.45, 7) is 13.1. The molecule has 0 bridgehead atoms.